The van der Waals surface area contributed by atoms with Gasteiger partial charge < -0.3 is 5.32 Å². The Morgan fingerprint density at radius 1 is 1.57 bits per heavy atom. The number of fused-ring (bicyclic) bond motifs is 1. The molecule has 0 fully saturated rings. The first-order chi connectivity index (χ1) is 6.53. The lowest BCUT2D eigenvalue weighted by molar-refractivity contribution is 0.142. The van der Waals surface area contributed by atoms with Crippen LogP contribution in [0, 0.1) is 0 Å². The molecule has 0 bridgehead atoms. The fourth-order valence-electron chi connectivity index (χ4n) is 1.59. The van der Waals surface area contributed by atoms with Crippen LogP contribution in [-0.2, 0) is 5.54 Å². The first-order valence-electron chi connectivity index (χ1n) is 4.34. The predicted octanol–water partition coefficient (Wildman–Crippen LogP) is 1.04. The molecule has 5 nitrogen and oxygen atoms in total. The van der Waals surface area contributed by atoms with Gasteiger partial charge in [-0.05, 0) is 19.9 Å². The first kappa shape index (κ1) is 8.96. The second-order valence-corrected chi connectivity index (χ2v) is 3.78. The van der Waals surface area contributed by atoms with Crippen molar-refractivity contribution in [2.45, 2.75) is 19.4 Å². The number of hydrogen-bond acceptors (Lipinski definition) is 3. The molecule has 5 heteroatoms. The number of urea groups is 1. The molecular formula is C9H12N4O. The van der Waals surface area contributed by atoms with E-state index in [0.29, 0.717) is 0 Å². The van der Waals surface area contributed by atoms with Crippen molar-refractivity contribution >= 4 is 11.7 Å². The van der Waals surface area contributed by atoms with Crippen molar-refractivity contribution in [2.24, 2.45) is 5.84 Å². The predicted molar refractivity (Wildman–Crippen MR) is 52.3 cm³/mol. The molecule has 2 amide bonds. The van der Waals surface area contributed by atoms with E-state index >= 15 is 0 Å². The fraction of sp³-hybridized carbons (Fsp3) is 0.333. The van der Waals surface area contributed by atoms with Gasteiger partial charge in [-0.3, -0.25) is 9.99 Å². The Balaban J connectivity index is 2.59. The highest BCUT2D eigenvalue weighted by Gasteiger charge is 2.37. The third kappa shape index (κ3) is 1.06. The molecule has 0 atom stereocenters. The van der Waals surface area contributed by atoms with E-state index in [1.165, 1.54) is 5.01 Å². The molecule has 0 saturated heterocycles. The standard InChI is InChI=1S/C9H12N4O/c1-9(2)6-3-4-11-5-7(6)12-8(14)13(9)10/h3-5H,10H2,1-2H3,(H,12,14). The first-order valence-corrected chi connectivity index (χ1v) is 4.34. The lowest BCUT2D eigenvalue weighted by Gasteiger charge is -2.40. The Bertz CT molecular complexity index is 388. The summed E-state index contributed by atoms with van der Waals surface area (Å²) in [5, 5.41) is 3.85. The molecule has 74 valence electrons. The maximum Gasteiger partial charge on any atom is 0.336 e. The van der Waals surface area contributed by atoms with E-state index in [0.717, 1.165) is 11.3 Å². The maximum absolute atomic E-state index is 11.4. The zero-order valence-electron chi connectivity index (χ0n) is 8.11. The minimum atomic E-state index is -0.499. The Hall–Kier alpha value is -1.62. The zero-order chi connectivity index (χ0) is 10.3. The summed E-state index contributed by atoms with van der Waals surface area (Å²) in [6, 6.07) is 1.55. The Kier molecular flexibility index (Phi) is 1.72. The van der Waals surface area contributed by atoms with E-state index in [-0.39, 0.29) is 6.03 Å². The highest BCUT2D eigenvalue weighted by atomic mass is 16.2. The number of hydrazine groups is 1. The average Bonchev–Trinajstić information content (AvgIpc) is 2.15. The Labute approximate surface area is 81.9 Å². The van der Waals surface area contributed by atoms with Gasteiger partial charge in [0.1, 0.15) is 0 Å². The summed E-state index contributed by atoms with van der Waals surface area (Å²) < 4.78 is 0. The number of nitrogens with one attached hydrogen (secondary N) is 1. The van der Waals surface area contributed by atoms with Crippen LogP contribution in [0.15, 0.2) is 18.5 Å². The van der Waals surface area contributed by atoms with Gasteiger partial charge in [-0.25, -0.2) is 10.6 Å². The molecule has 1 aliphatic heterocycles. The summed E-state index contributed by atoms with van der Waals surface area (Å²) in [5.41, 5.74) is 1.19. The molecule has 14 heavy (non-hydrogen) atoms. The molecule has 1 aliphatic rings. The number of aromatic nitrogens is 1. The van der Waals surface area contributed by atoms with E-state index in [2.05, 4.69) is 10.3 Å². The Morgan fingerprint density at radius 2 is 2.29 bits per heavy atom. The summed E-state index contributed by atoms with van der Waals surface area (Å²) in [6.07, 6.45) is 3.31. The fourth-order valence-corrected chi connectivity index (χ4v) is 1.59. The minimum Gasteiger partial charge on any atom is -0.305 e. The SMILES string of the molecule is CC1(C)c2ccncc2NC(=O)N1N. The molecule has 0 aromatic carbocycles. The Morgan fingerprint density at radius 3 is 3.00 bits per heavy atom. The van der Waals surface area contributed by atoms with Crippen LogP contribution < -0.4 is 11.2 Å². The van der Waals surface area contributed by atoms with Gasteiger partial charge in [0.15, 0.2) is 0 Å². The molecular weight excluding hydrogens is 180 g/mol. The lowest BCUT2D eigenvalue weighted by Crippen LogP contribution is -2.55. The molecule has 2 heterocycles. The monoisotopic (exact) mass is 192 g/mol. The topological polar surface area (TPSA) is 71.2 Å². The van der Waals surface area contributed by atoms with E-state index < -0.39 is 5.54 Å². The van der Waals surface area contributed by atoms with Crippen LogP contribution in [0.25, 0.3) is 0 Å². The van der Waals surface area contributed by atoms with Crippen LogP contribution in [0.2, 0.25) is 0 Å². The van der Waals surface area contributed by atoms with Crippen molar-refractivity contribution in [2.75, 3.05) is 5.32 Å². The number of anilines is 1. The lowest BCUT2D eigenvalue weighted by atomic mass is 9.91. The number of amides is 2. The molecule has 0 saturated carbocycles. The molecule has 0 radical (unpaired) electrons. The molecule has 0 spiro atoms. The molecule has 1 aromatic rings. The van der Waals surface area contributed by atoms with Crippen molar-refractivity contribution in [3.05, 3.63) is 24.0 Å². The summed E-state index contributed by atoms with van der Waals surface area (Å²) in [5.74, 6) is 5.67. The highest BCUT2D eigenvalue weighted by Crippen LogP contribution is 2.34. The van der Waals surface area contributed by atoms with Crippen LogP contribution >= 0.6 is 0 Å². The average molecular weight is 192 g/mol. The van der Waals surface area contributed by atoms with Gasteiger partial charge in [0.25, 0.3) is 0 Å². The van der Waals surface area contributed by atoms with Gasteiger partial charge in [0.2, 0.25) is 0 Å². The molecule has 0 aliphatic carbocycles. The van der Waals surface area contributed by atoms with Crippen molar-refractivity contribution in [1.29, 1.82) is 0 Å². The van der Waals surface area contributed by atoms with E-state index in [4.69, 9.17) is 5.84 Å². The molecule has 2 rings (SSSR count). The van der Waals surface area contributed by atoms with Crippen molar-refractivity contribution in [1.82, 2.24) is 9.99 Å². The summed E-state index contributed by atoms with van der Waals surface area (Å²) in [6.45, 7) is 3.79. The summed E-state index contributed by atoms with van der Waals surface area (Å²) in [7, 11) is 0. The van der Waals surface area contributed by atoms with Gasteiger partial charge in [-0.15, -0.1) is 0 Å². The van der Waals surface area contributed by atoms with Gasteiger partial charge in [0.05, 0.1) is 17.4 Å². The third-order valence-electron chi connectivity index (χ3n) is 2.54. The second-order valence-electron chi connectivity index (χ2n) is 3.78. The number of nitrogens with two attached hydrogens (primary N) is 1. The van der Waals surface area contributed by atoms with Crippen LogP contribution in [0.5, 0.6) is 0 Å². The van der Waals surface area contributed by atoms with Crippen LogP contribution in [0.3, 0.4) is 0 Å². The smallest absolute Gasteiger partial charge is 0.305 e. The van der Waals surface area contributed by atoms with E-state index in [1.807, 2.05) is 19.9 Å². The number of carbonyl (C=O) groups is 1. The second kappa shape index (κ2) is 2.68. The number of carbonyl (C=O) groups excluding carboxylic acids is 1. The van der Waals surface area contributed by atoms with Crippen molar-refractivity contribution < 1.29 is 4.79 Å². The molecule has 0 unspecified atom stereocenters. The van der Waals surface area contributed by atoms with Crippen LogP contribution in [0.1, 0.15) is 19.4 Å². The molecule has 3 N–H and O–H groups in total. The third-order valence-corrected chi connectivity index (χ3v) is 2.54. The number of hydrogen-bond donors (Lipinski definition) is 2. The van der Waals surface area contributed by atoms with Gasteiger partial charge in [-0.2, -0.15) is 0 Å². The quantitative estimate of drug-likeness (QED) is 0.476. The number of rotatable bonds is 0. The summed E-state index contributed by atoms with van der Waals surface area (Å²) in [4.78, 5) is 15.4. The summed E-state index contributed by atoms with van der Waals surface area (Å²) >= 11 is 0. The maximum atomic E-state index is 11.4. The van der Waals surface area contributed by atoms with E-state index in [1.54, 1.807) is 12.4 Å². The van der Waals surface area contributed by atoms with E-state index in [9.17, 15) is 4.79 Å². The van der Waals surface area contributed by atoms with Crippen molar-refractivity contribution in [3.8, 4) is 0 Å². The number of nitrogens with zero attached hydrogens (tertiary/aromatic N) is 2. The van der Waals surface area contributed by atoms with Crippen LogP contribution in [0.4, 0.5) is 10.5 Å². The molecule has 1 aromatic heterocycles. The zero-order valence-corrected chi connectivity index (χ0v) is 8.11. The normalized spacial score (nSPS) is 18.8. The van der Waals surface area contributed by atoms with Gasteiger partial charge in [0, 0.05) is 11.8 Å². The largest absolute Gasteiger partial charge is 0.336 e. The van der Waals surface area contributed by atoms with Crippen LogP contribution in [-0.4, -0.2) is 16.0 Å². The minimum absolute atomic E-state index is 0.310. The van der Waals surface area contributed by atoms with Gasteiger partial charge in [-0.1, -0.05) is 0 Å². The van der Waals surface area contributed by atoms with Crippen molar-refractivity contribution in [3.63, 3.8) is 0 Å². The van der Waals surface area contributed by atoms with Gasteiger partial charge >= 0.3 is 6.03 Å². The number of pyridine rings is 1. The highest BCUT2D eigenvalue weighted by molar-refractivity contribution is 5.92.